The molecule has 3 atom stereocenters. The van der Waals surface area contributed by atoms with E-state index in [1.54, 1.807) is 0 Å². The SMILES string of the molecule is CCOC1C[C@@H](n2cc(I)c(=O)[nH]c2=O)O[C@H]1COC(c1ccccc1)(c1ccccc1)c1ccccc1. The molecule has 2 heterocycles. The highest BCUT2D eigenvalue weighted by Gasteiger charge is 2.42. The van der Waals surface area contributed by atoms with E-state index in [2.05, 4.69) is 41.4 Å². The minimum Gasteiger partial charge on any atom is -0.376 e. The lowest BCUT2D eigenvalue weighted by atomic mass is 9.80. The van der Waals surface area contributed by atoms with Gasteiger partial charge in [0, 0.05) is 19.2 Å². The number of rotatable bonds is 9. The van der Waals surface area contributed by atoms with Gasteiger partial charge in [-0.2, -0.15) is 0 Å². The van der Waals surface area contributed by atoms with Crippen LogP contribution in [0.2, 0.25) is 0 Å². The molecule has 196 valence electrons. The maximum atomic E-state index is 12.6. The van der Waals surface area contributed by atoms with Crippen molar-refractivity contribution in [2.45, 2.75) is 37.4 Å². The van der Waals surface area contributed by atoms with E-state index < -0.39 is 29.2 Å². The molecule has 1 N–H and O–H groups in total. The van der Waals surface area contributed by atoms with E-state index in [0.29, 0.717) is 16.6 Å². The molecule has 1 fully saturated rings. The predicted molar refractivity (Wildman–Crippen MR) is 153 cm³/mol. The molecule has 4 aromatic rings. The lowest BCUT2D eigenvalue weighted by Crippen LogP contribution is -2.38. The van der Waals surface area contributed by atoms with E-state index in [-0.39, 0.29) is 12.7 Å². The van der Waals surface area contributed by atoms with Gasteiger partial charge in [0.2, 0.25) is 0 Å². The lowest BCUT2D eigenvalue weighted by Gasteiger charge is -2.37. The van der Waals surface area contributed by atoms with Crippen LogP contribution in [0, 0.1) is 3.57 Å². The maximum absolute atomic E-state index is 12.6. The second-order valence-electron chi connectivity index (χ2n) is 9.09. The van der Waals surface area contributed by atoms with Crippen LogP contribution in [-0.2, 0) is 19.8 Å². The minimum atomic E-state index is -0.897. The van der Waals surface area contributed by atoms with Crippen molar-refractivity contribution in [1.29, 1.82) is 0 Å². The number of aromatic nitrogens is 2. The molecule has 1 unspecified atom stereocenters. The van der Waals surface area contributed by atoms with Gasteiger partial charge in [0.15, 0.2) is 0 Å². The van der Waals surface area contributed by atoms with Gasteiger partial charge in [0.1, 0.15) is 17.9 Å². The highest BCUT2D eigenvalue weighted by Crippen LogP contribution is 2.41. The van der Waals surface area contributed by atoms with Crippen molar-refractivity contribution >= 4 is 22.6 Å². The number of hydrogen-bond acceptors (Lipinski definition) is 5. The molecule has 1 aliphatic heterocycles. The van der Waals surface area contributed by atoms with E-state index in [1.807, 2.05) is 84.1 Å². The molecule has 0 bridgehead atoms. The number of ether oxygens (including phenoxy) is 3. The summed E-state index contributed by atoms with van der Waals surface area (Å²) < 4.78 is 21.2. The molecule has 1 saturated heterocycles. The van der Waals surface area contributed by atoms with Gasteiger partial charge >= 0.3 is 5.69 Å². The largest absolute Gasteiger partial charge is 0.376 e. The van der Waals surface area contributed by atoms with E-state index in [4.69, 9.17) is 14.2 Å². The number of benzene rings is 3. The summed E-state index contributed by atoms with van der Waals surface area (Å²) in [6, 6.07) is 30.4. The third kappa shape index (κ3) is 5.26. The summed E-state index contributed by atoms with van der Waals surface area (Å²) in [5.74, 6) is 0. The number of halogens is 1. The van der Waals surface area contributed by atoms with Crippen molar-refractivity contribution in [3.8, 4) is 0 Å². The molecule has 0 saturated carbocycles. The monoisotopic (exact) mass is 624 g/mol. The Bertz CT molecular complexity index is 1360. The van der Waals surface area contributed by atoms with Gasteiger partial charge in [-0.15, -0.1) is 0 Å². The first-order valence-corrected chi connectivity index (χ1v) is 13.7. The Morgan fingerprint density at radius 1 is 0.921 bits per heavy atom. The third-order valence-corrected chi connectivity index (χ3v) is 7.57. The first-order valence-electron chi connectivity index (χ1n) is 12.6. The van der Waals surface area contributed by atoms with E-state index in [9.17, 15) is 9.59 Å². The molecule has 8 heteroatoms. The van der Waals surface area contributed by atoms with Gasteiger partial charge in [-0.3, -0.25) is 14.3 Å². The standard InChI is InChI=1S/C30H29IN2O5/c1-2-36-25-18-27(33-19-24(31)28(34)32-29(33)35)38-26(25)20-37-30(21-12-6-3-7-13-21,22-14-8-4-9-15-22)23-16-10-5-11-17-23/h3-17,19,25-27H,2,18,20H2,1H3,(H,32,34,35)/t25?,26-,27-/m0/s1. The summed E-state index contributed by atoms with van der Waals surface area (Å²) in [4.78, 5) is 26.8. The van der Waals surface area contributed by atoms with Crippen molar-refractivity contribution in [3.63, 3.8) is 0 Å². The third-order valence-electron chi connectivity index (χ3n) is 6.80. The molecular weight excluding hydrogens is 595 g/mol. The van der Waals surface area contributed by atoms with Gasteiger partial charge in [-0.05, 0) is 46.2 Å². The summed E-state index contributed by atoms with van der Waals surface area (Å²) in [5, 5.41) is 0. The molecule has 7 nitrogen and oxygen atoms in total. The number of nitrogens with zero attached hydrogens (tertiary/aromatic N) is 1. The molecule has 38 heavy (non-hydrogen) atoms. The fourth-order valence-electron chi connectivity index (χ4n) is 5.06. The Morgan fingerprint density at radius 3 is 1.95 bits per heavy atom. The van der Waals surface area contributed by atoms with Gasteiger partial charge in [-0.1, -0.05) is 91.0 Å². The Labute approximate surface area is 234 Å². The molecule has 0 aliphatic carbocycles. The lowest BCUT2D eigenvalue weighted by molar-refractivity contribution is -0.103. The first-order chi connectivity index (χ1) is 18.5. The Morgan fingerprint density at radius 2 is 1.45 bits per heavy atom. The van der Waals surface area contributed by atoms with Crippen molar-refractivity contribution < 1.29 is 14.2 Å². The van der Waals surface area contributed by atoms with Gasteiger partial charge < -0.3 is 14.2 Å². The van der Waals surface area contributed by atoms with Crippen LogP contribution in [-0.4, -0.2) is 35.0 Å². The summed E-state index contributed by atoms with van der Waals surface area (Å²) >= 11 is 1.91. The second-order valence-corrected chi connectivity index (χ2v) is 10.3. The highest BCUT2D eigenvalue weighted by atomic mass is 127. The summed E-state index contributed by atoms with van der Waals surface area (Å²) in [6.07, 6.45) is 0.672. The van der Waals surface area contributed by atoms with Crippen LogP contribution in [0.15, 0.2) is 107 Å². The number of aromatic amines is 1. The molecular formula is C30H29IN2O5. The molecule has 1 aromatic heterocycles. The normalized spacial score (nSPS) is 19.5. The first kappa shape index (κ1) is 26.6. The van der Waals surface area contributed by atoms with Crippen molar-refractivity contribution in [2.75, 3.05) is 13.2 Å². The van der Waals surface area contributed by atoms with Crippen LogP contribution in [0.1, 0.15) is 36.3 Å². The topological polar surface area (TPSA) is 82.6 Å². The Hall–Kier alpha value is -3.05. The average Bonchev–Trinajstić information content (AvgIpc) is 3.35. The van der Waals surface area contributed by atoms with E-state index in [0.717, 1.165) is 16.7 Å². The van der Waals surface area contributed by atoms with Gasteiger partial charge in [-0.25, -0.2) is 4.79 Å². The Balaban J connectivity index is 1.53. The van der Waals surface area contributed by atoms with Gasteiger partial charge in [0.05, 0.1) is 16.3 Å². The number of nitrogens with one attached hydrogen (secondary N) is 1. The molecule has 0 spiro atoms. The highest BCUT2D eigenvalue weighted by molar-refractivity contribution is 14.1. The molecule has 1 aliphatic rings. The zero-order valence-corrected chi connectivity index (χ0v) is 23.1. The smallest absolute Gasteiger partial charge is 0.330 e. The Kier molecular flexibility index (Phi) is 8.23. The van der Waals surface area contributed by atoms with Crippen molar-refractivity contribution in [3.05, 3.63) is 138 Å². The number of hydrogen-bond donors (Lipinski definition) is 1. The average molecular weight is 624 g/mol. The van der Waals surface area contributed by atoms with Crippen LogP contribution < -0.4 is 11.2 Å². The van der Waals surface area contributed by atoms with Crippen LogP contribution in [0.4, 0.5) is 0 Å². The quantitative estimate of drug-likeness (QED) is 0.213. The number of H-pyrrole nitrogens is 1. The van der Waals surface area contributed by atoms with E-state index >= 15 is 0 Å². The maximum Gasteiger partial charge on any atom is 0.330 e. The summed E-state index contributed by atoms with van der Waals surface area (Å²) in [7, 11) is 0. The second kappa shape index (κ2) is 11.8. The van der Waals surface area contributed by atoms with Crippen molar-refractivity contribution in [2.24, 2.45) is 0 Å². The van der Waals surface area contributed by atoms with E-state index in [1.165, 1.54) is 10.8 Å². The summed E-state index contributed by atoms with van der Waals surface area (Å²) in [5.41, 5.74) is 1.16. The molecule has 0 amide bonds. The fraction of sp³-hybridized carbons (Fsp3) is 0.267. The fourth-order valence-corrected chi connectivity index (χ4v) is 5.50. The molecule has 3 aromatic carbocycles. The minimum absolute atomic E-state index is 0.217. The molecule has 5 rings (SSSR count). The van der Waals surface area contributed by atoms with Gasteiger partial charge in [0.25, 0.3) is 5.56 Å². The molecule has 0 radical (unpaired) electrons. The predicted octanol–water partition coefficient (Wildman–Crippen LogP) is 4.84. The summed E-state index contributed by atoms with van der Waals surface area (Å²) in [6.45, 7) is 2.65. The van der Waals surface area contributed by atoms with Crippen LogP contribution in [0.5, 0.6) is 0 Å². The zero-order valence-electron chi connectivity index (χ0n) is 21.0. The van der Waals surface area contributed by atoms with Crippen LogP contribution >= 0.6 is 22.6 Å². The zero-order chi connectivity index (χ0) is 26.5. The van der Waals surface area contributed by atoms with Crippen LogP contribution in [0.3, 0.4) is 0 Å². The van der Waals surface area contributed by atoms with Crippen LogP contribution in [0.25, 0.3) is 0 Å². The van der Waals surface area contributed by atoms with Crippen molar-refractivity contribution in [1.82, 2.24) is 9.55 Å².